The summed E-state index contributed by atoms with van der Waals surface area (Å²) in [6, 6.07) is 11.0. The normalized spacial score (nSPS) is 18.8. The van der Waals surface area contributed by atoms with E-state index in [4.69, 9.17) is 23.2 Å². The van der Waals surface area contributed by atoms with Gasteiger partial charge < -0.3 is 10.2 Å². The molecular weight excluding hydrogens is 475 g/mol. The second kappa shape index (κ2) is 9.74. The second-order valence-corrected chi connectivity index (χ2v) is 9.39. The zero-order valence-electron chi connectivity index (χ0n) is 18.4. The number of carbonyl (C=O) groups is 2. The Morgan fingerprint density at radius 2 is 2.03 bits per heavy atom. The van der Waals surface area contributed by atoms with Crippen molar-refractivity contribution in [2.24, 2.45) is 0 Å². The molecule has 2 amide bonds. The number of aromatic nitrogens is 3. The number of amides is 2. The first-order chi connectivity index (χ1) is 16.5. The monoisotopic (exact) mass is 498 g/mol. The van der Waals surface area contributed by atoms with Gasteiger partial charge in [-0.1, -0.05) is 46.6 Å². The van der Waals surface area contributed by atoms with Crippen LogP contribution in [-0.2, 0) is 4.79 Å². The average Bonchev–Trinajstić information content (AvgIpc) is 3.54. The zero-order chi connectivity index (χ0) is 23.7. The van der Waals surface area contributed by atoms with E-state index in [2.05, 4.69) is 37.8 Å². The predicted octanol–water partition coefficient (Wildman–Crippen LogP) is 3.38. The van der Waals surface area contributed by atoms with E-state index in [1.165, 1.54) is 11.6 Å². The van der Waals surface area contributed by atoms with Gasteiger partial charge in [-0.3, -0.25) is 19.6 Å². The van der Waals surface area contributed by atoms with E-state index in [0.717, 1.165) is 42.5 Å². The van der Waals surface area contributed by atoms with Crippen LogP contribution in [-0.4, -0.2) is 75.8 Å². The third-order valence-electron chi connectivity index (χ3n) is 6.56. The van der Waals surface area contributed by atoms with E-state index in [1.54, 1.807) is 12.1 Å². The largest absolute Gasteiger partial charge is 0.343 e. The van der Waals surface area contributed by atoms with Gasteiger partial charge in [0, 0.05) is 43.3 Å². The fourth-order valence-corrected chi connectivity index (χ4v) is 4.97. The van der Waals surface area contributed by atoms with Gasteiger partial charge in [-0.2, -0.15) is 0 Å². The van der Waals surface area contributed by atoms with Gasteiger partial charge in [0.15, 0.2) is 0 Å². The van der Waals surface area contributed by atoms with Gasteiger partial charge in [-0.05, 0) is 42.7 Å². The van der Waals surface area contributed by atoms with Crippen molar-refractivity contribution in [1.29, 1.82) is 0 Å². The molecule has 176 valence electrons. The van der Waals surface area contributed by atoms with Gasteiger partial charge >= 0.3 is 0 Å². The number of halogens is 2. The molecule has 1 atom stereocenters. The summed E-state index contributed by atoms with van der Waals surface area (Å²) in [5.74, 6) is -0.429. The van der Waals surface area contributed by atoms with Crippen molar-refractivity contribution in [3.8, 4) is 0 Å². The van der Waals surface area contributed by atoms with Crippen molar-refractivity contribution in [1.82, 2.24) is 30.5 Å². The van der Waals surface area contributed by atoms with E-state index in [0.29, 0.717) is 34.7 Å². The topological polar surface area (TPSA) is 94.2 Å². The lowest BCUT2D eigenvalue weighted by atomic mass is 9.97. The van der Waals surface area contributed by atoms with Crippen molar-refractivity contribution < 1.29 is 9.59 Å². The molecule has 34 heavy (non-hydrogen) atoms. The Balaban J connectivity index is 1.14. The molecule has 0 spiro atoms. The minimum atomic E-state index is -0.348. The van der Waals surface area contributed by atoms with Crippen LogP contribution in [0.4, 0.5) is 0 Å². The Labute approximate surface area is 206 Å². The molecule has 1 saturated heterocycles. The Morgan fingerprint density at radius 3 is 2.82 bits per heavy atom. The summed E-state index contributed by atoms with van der Waals surface area (Å²) < 4.78 is 0. The highest BCUT2D eigenvalue weighted by Crippen LogP contribution is 2.29. The molecule has 1 unspecified atom stereocenters. The number of nitrogens with zero attached hydrogens (tertiary/aromatic N) is 4. The van der Waals surface area contributed by atoms with Crippen LogP contribution in [0.2, 0.25) is 10.0 Å². The quantitative estimate of drug-likeness (QED) is 0.562. The number of para-hydroxylation sites is 1. The molecular formula is C24H24Cl2N6O2. The van der Waals surface area contributed by atoms with Crippen LogP contribution >= 0.6 is 23.2 Å². The second-order valence-electron chi connectivity index (χ2n) is 8.58. The van der Waals surface area contributed by atoms with Crippen LogP contribution in [0, 0.1) is 0 Å². The standard InChI is InChI=1S/C24H24Cl2N6O2/c25-19-5-4-16(12-20(19)26)24(34)27-13-22(33)32-11-8-17(14-32)31-9-6-15(7-10-31)18-2-1-3-21-23(18)29-30-28-21/h1-6,12,17H,7-11,13-14H2,(H,27,34)(H,28,29,30). The molecule has 2 aromatic carbocycles. The minimum absolute atomic E-state index is 0.0436. The van der Waals surface area contributed by atoms with Crippen molar-refractivity contribution in [2.75, 3.05) is 32.7 Å². The molecule has 2 aliphatic rings. The molecule has 0 bridgehead atoms. The van der Waals surface area contributed by atoms with Crippen LogP contribution in [0.15, 0.2) is 42.5 Å². The van der Waals surface area contributed by atoms with Crippen molar-refractivity contribution in [3.63, 3.8) is 0 Å². The first-order valence-electron chi connectivity index (χ1n) is 11.2. The highest BCUT2D eigenvalue weighted by atomic mass is 35.5. The highest BCUT2D eigenvalue weighted by molar-refractivity contribution is 6.42. The fourth-order valence-electron chi connectivity index (χ4n) is 4.67. The highest BCUT2D eigenvalue weighted by Gasteiger charge is 2.31. The maximum absolute atomic E-state index is 12.7. The average molecular weight is 499 g/mol. The Hall–Kier alpha value is -2.94. The molecule has 1 aromatic heterocycles. The maximum atomic E-state index is 12.7. The number of likely N-dealkylation sites (tertiary alicyclic amines) is 1. The third-order valence-corrected chi connectivity index (χ3v) is 7.30. The maximum Gasteiger partial charge on any atom is 0.251 e. The van der Waals surface area contributed by atoms with E-state index >= 15 is 0 Å². The molecule has 0 saturated carbocycles. The summed E-state index contributed by atoms with van der Waals surface area (Å²) in [7, 11) is 0. The van der Waals surface area contributed by atoms with Crippen molar-refractivity contribution >= 4 is 51.6 Å². The van der Waals surface area contributed by atoms with Gasteiger partial charge in [-0.15, -0.1) is 5.10 Å². The van der Waals surface area contributed by atoms with Crippen LogP contribution < -0.4 is 5.32 Å². The molecule has 2 N–H and O–H groups in total. The molecule has 2 aliphatic heterocycles. The van der Waals surface area contributed by atoms with Gasteiger partial charge in [0.05, 0.1) is 22.1 Å². The Morgan fingerprint density at radius 1 is 1.15 bits per heavy atom. The summed E-state index contributed by atoms with van der Waals surface area (Å²) in [5.41, 5.74) is 4.67. The molecule has 5 rings (SSSR count). The van der Waals surface area contributed by atoms with Gasteiger partial charge in [0.1, 0.15) is 5.52 Å². The number of hydrogen-bond acceptors (Lipinski definition) is 5. The minimum Gasteiger partial charge on any atom is -0.343 e. The van der Waals surface area contributed by atoms with E-state index < -0.39 is 0 Å². The molecule has 1 fully saturated rings. The lowest BCUT2D eigenvalue weighted by molar-refractivity contribution is -0.129. The molecule has 3 aromatic rings. The molecule has 0 radical (unpaired) electrons. The number of nitrogens with one attached hydrogen (secondary N) is 2. The lowest BCUT2D eigenvalue weighted by Crippen LogP contribution is -2.43. The van der Waals surface area contributed by atoms with Crippen LogP contribution in [0.25, 0.3) is 16.6 Å². The smallest absolute Gasteiger partial charge is 0.251 e. The molecule has 3 heterocycles. The van der Waals surface area contributed by atoms with E-state index in [-0.39, 0.29) is 18.4 Å². The summed E-state index contributed by atoms with van der Waals surface area (Å²) in [4.78, 5) is 29.3. The van der Waals surface area contributed by atoms with Gasteiger partial charge in [0.2, 0.25) is 5.91 Å². The number of fused-ring (bicyclic) bond motifs is 1. The fraction of sp³-hybridized carbons (Fsp3) is 0.333. The lowest BCUT2D eigenvalue weighted by Gasteiger charge is -2.31. The van der Waals surface area contributed by atoms with Crippen molar-refractivity contribution in [2.45, 2.75) is 18.9 Å². The summed E-state index contributed by atoms with van der Waals surface area (Å²) in [6.45, 7) is 3.10. The Kier molecular flexibility index (Phi) is 6.54. The van der Waals surface area contributed by atoms with Crippen molar-refractivity contribution in [3.05, 3.63) is 63.6 Å². The molecule has 10 heteroatoms. The number of rotatable bonds is 5. The number of aromatic amines is 1. The predicted molar refractivity (Wildman–Crippen MR) is 132 cm³/mol. The first kappa shape index (κ1) is 22.8. The summed E-state index contributed by atoms with van der Waals surface area (Å²) in [5, 5.41) is 14.4. The first-order valence-corrected chi connectivity index (χ1v) is 12.0. The van der Waals surface area contributed by atoms with Gasteiger partial charge in [-0.25, -0.2) is 0 Å². The molecule has 8 nitrogen and oxygen atoms in total. The van der Waals surface area contributed by atoms with Crippen LogP contribution in [0.5, 0.6) is 0 Å². The summed E-state index contributed by atoms with van der Waals surface area (Å²) in [6.07, 6.45) is 4.12. The number of benzene rings is 2. The SMILES string of the molecule is O=C(NCC(=O)N1CCC(N2CC=C(c3cccc4nn[nH]c34)CC2)C1)c1ccc(Cl)c(Cl)c1. The summed E-state index contributed by atoms with van der Waals surface area (Å²) >= 11 is 11.9. The van der Waals surface area contributed by atoms with E-state index in [1.807, 2.05) is 17.0 Å². The number of hydrogen-bond donors (Lipinski definition) is 2. The van der Waals surface area contributed by atoms with Gasteiger partial charge in [0.25, 0.3) is 5.91 Å². The number of H-pyrrole nitrogens is 1. The third kappa shape index (κ3) is 4.66. The molecule has 0 aliphatic carbocycles. The zero-order valence-corrected chi connectivity index (χ0v) is 19.9. The van der Waals surface area contributed by atoms with Crippen LogP contribution in [0.1, 0.15) is 28.8 Å². The number of carbonyl (C=O) groups excluding carboxylic acids is 2. The van der Waals surface area contributed by atoms with E-state index in [9.17, 15) is 9.59 Å². The Bertz CT molecular complexity index is 1270. The van der Waals surface area contributed by atoms with Crippen LogP contribution in [0.3, 0.4) is 0 Å².